The van der Waals surface area contributed by atoms with E-state index in [0.717, 1.165) is 10.4 Å². The van der Waals surface area contributed by atoms with Gasteiger partial charge in [0.2, 0.25) is 11.8 Å². The number of hydrogen-bond donors (Lipinski definition) is 2. The van der Waals surface area contributed by atoms with Crippen molar-refractivity contribution in [2.75, 3.05) is 13.2 Å². The highest BCUT2D eigenvalue weighted by molar-refractivity contribution is 6.99. The van der Waals surface area contributed by atoms with Crippen LogP contribution in [0.25, 0.3) is 0 Å². The number of imide groups is 1. The third-order valence-corrected chi connectivity index (χ3v) is 15.5. The van der Waals surface area contributed by atoms with Crippen molar-refractivity contribution in [1.29, 1.82) is 0 Å². The van der Waals surface area contributed by atoms with Crippen LogP contribution in [0, 0.1) is 23.7 Å². The van der Waals surface area contributed by atoms with Crippen LogP contribution < -0.4 is 10.4 Å². The van der Waals surface area contributed by atoms with E-state index >= 15 is 0 Å². The van der Waals surface area contributed by atoms with Crippen LogP contribution in [0.4, 0.5) is 0 Å². The van der Waals surface area contributed by atoms with Crippen molar-refractivity contribution in [1.82, 2.24) is 4.90 Å². The number of benzene rings is 3. The topological polar surface area (TPSA) is 96.3 Å². The van der Waals surface area contributed by atoms with E-state index in [1.807, 2.05) is 43.3 Å². The molecule has 0 unspecified atom stereocenters. The Kier molecular flexibility index (Phi) is 8.50. The molecule has 6 rings (SSSR count). The molecule has 7 nitrogen and oxygen atoms in total. The maximum absolute atomic E-state index is 13.8. The quantitative estimate of drug-likeness (QED) is 0.251. The predicted octanol–water partition coefficient (Wildman–Crippen LogP) is 5.42. The van der Waals surface area contributed by atoms with Crippen LogP contribution in [-0.2, 0) is 18.8 Å². The van der Waals surface area contributed by atoms with Gasteiger partial charge in [0.25, 0.3) is 8.32 Å². The molecule has 2 amide bonds. The minimum atomic E-state index is -2.97. The van der Waals surface area contributed by atoms with Crippen LogP contribution in [0.5, 0.6) is 5.75 Å². The summed E-state index contributed by atoms with van der Waals surface area (Å²) in [6, 6.07) is 25.3. The Hall–Kier alpha value is -3.01. The van der Waals surface area contributed by atoms with Crippen molar-refractivity contribution in [2.45, 2.75) is 63.9 Å². The van der Waals surface area contributed by atoms with Gasteiger partial charge in [-0.25, -0.2) is 0 Å². The van der Waals surface area contributed by atoms with Crippen LogP contribution in [0.15, 0.2) is 78.9 Å². The number of hydrogen-bond acceptors (Lipinski definition) is 6. The average Bonchev–Trinajstić information content (AvgIpc) is 3.47. The lowest BCUT2D eigenvalue weighted by atomic mass is 9.64. The van der Waals surface area contributed by atoms with Gasteiger partial charge >= 0.3 is 0 Å². The normalized spacial score (nSPS) is 28.3. The number of amides is 2. The molecule has 0 radical (unpaired) electrons. The molecular formula is C36H42ClNO6Si. The first-order valence-electron chi connectivity index (χ1n) is 15.9. The molecule has 0 bridgehead atoms. The summed E-state index contributed by atoms with van der Waals surface area (Å²) in [7, 11) is -2.97. The van der Waals surface area contributed by atoms with Gasteiger partial charge in [-0.3, -0.25) is 14.5 Å². The number of ether oxygens (including phenoxy) is 1. The summed E-state index contributed by atoms with van der Waals surface area (Å²) in [6.07, 6.45) is 0.632. The van der Waals surface area contributed by atoms with E-state index in [9.17, 15) is 19.8 Å². The molecule has 9 heteroatoms. The lowest BCUT2D eigenvalue weighted by Gasteiger charge is -2.48. The van der Waals surface area contributed by atoms with Crippen molar-refractivity contribution in [3.63, 3.8) is 0 Å². The Balaban J connectivity index is 1.42. The van der Waals surface area contributed by atoms with Gasteiger partial charge < -0.3 is 19.4 Å². The van der Waals surface area contributed by atoms with Crippen LogP contribution in [-0.4, -0.2) is 54.2 Å². The Morgan fingerprint density at radius 2 is 1.60 bits per heavy atom. The van der Waals surface area contributed by atoms with E-state index in [1.165, 1.54) is 17.0 Å². The van der Waals surface area contributed by atoms with Gasteiger partial charge in [-0.1, -0.05) is 106 Å². The first-order valence-corrected chi connectivity index (χ1v) is 18.2. The molecule has 238 valence electrons. The number of fused-ring (bicyclic) bond motifs is 3. The van der Waals surface area contributed by atoms with Gasteiger partial charge in [-0.05, 0) is 52.4 Å². The van der Waals surface area contributed by atoms with Crippen LogP contribution in [0.2, 0.25) is 10.1 Å². The average molecular weight is 648 g/mol. The molecule has 3 fully saturated rings. The molecule has 2 heterocycles. The summed E-state index contributed by atoms with van der Waals surface area (Å²) in [5.41, 5.74) is 0.627. The van der Waals surface area contributed by atoms with Gasteiger partial charge in [-0.2, -0.15) is 0 Å². The molecule has 3 aliphatic rings. The van der Waals surface area contributed by atoms with Crippen molar-refractivity contribution in [2.24, 2.45) is 23.7 Å². The van der Waals surface area contributed by atoms with Gasteiger partial charge in [0.05, 0.1) is 23.0 Å². The number of aliphatic hydroxyl groups is 1. The Morgan fingerprint density at radius 3 is 2.16 bits per heavy atom. The molecule has 0 aromatic heterocycles. The van der Waals surface area contributed by atoms with E-state index in [4.69, 9.17) is 20.8 Å². The van der Waals surface area contributed by atoms with Crippen LogP contribution in [0.3, 0.4) is 0 Å². The summed E-state index contributed by atoms with van der Waals surface area (Å²) >= 11 is 6.55. The molecule has 45 heavy (non-hydrogen) atoms. The minimum absolute atomic E-state index is 0.0290. The van der Waals surface area contributed by atoms with Crippen molar-refractivity contribution >= 4 is 42.1 Å². The number of carbonyl (C=O) groups is 2. The summed E-state index contributed by atoms with van der Waals surface area (Å²) in [5.74, 6) is -4.55. The third-order valence-electron chi connectivity index (χ3n) is 10.2. The zero-order chi connectivity index (χ0) is 32.1. The first kappa shape index (κ1) is 31.9. The standard InChI is InChI=1S/C36H42ClNO6Si/c1-5-18-38-33(40)28-19-23(22-43-45(35(2,3)4,25-12-8-6-9-13-25)26-14-10-7-11-15-26)36(42)29(32(28)34(38)41)21-31(44-36)27-17-16-24(39)20-30(27)37/h6-17,20,23,28-29,31-32,39,42H,5,18-19,21-22H2,1-4H3/t23-,28+,29+,31+,32+,36-/m1/s1. The maximum atomic E-state index is 13.8. The molecule has 3 aromatic rings. The monoisotopic (exact) mass is 647 g/mol. The summed E-state index contributed by atoms with van der Waals surface area (Å²) in [5, 5.41) is 24.8. The van der Waals surface area contributed by atoms with Gasteiger partial charge in [0.1, 0.15) is 5.75 Å². The molecule has 2 N–H and O–H groups in total. The Labute approximate surface area is 271 Å². The first-order chi connectivity index (χ1) is 21.4. The highest BCUT2D eigenvalue weighted by atomic mass is 35.5. The molecule has 1 aliphatic carbocycles. The van der Waals surface area contributed by atoms with Gasteiger partial charge in [-0.15, -0.1) is 0 Å². The van der Waals surface area contributed by atoms with E-state index < -0.39 is 43.9 Å². The number of likely N-dealkylation sites (tertiary alicyclic amines) is 1. The molecule has 6 atom stereocenters. The number of rotatable bonds is 8. The summed E-state index contributed by atoms with van der Waals surface area (Å²) in [4.78, 5) is 28.9. The highest BCUT2D eigenvalue weighted by Crippen LogP contribution is 2.59. The second kappa shape index (κ2) is 12.0. The van der Waals surface area contributed by atoms with E-state index in [0.29, 0.717) is 30.0 Å². The number of carbonyl (C=O) groups excluding carboxylic acids is 2. The van der Waals surface area contributed by atoms with E-state index in [2.05, 4.69) is 45.0 Å². The number of nitrogens with zero attached hydrogens (tertiary/aromatic N) is 1. The molecule has 2 saturated heterocycles. The van der Waals surface area contributed by atoms with E-state index in [1.54, 1.807) is 6.07 Å². The largest absolute Gasteiger partial charge is 0.508 e. The molecule has 0 spiro atoms. The Morgan fingerprint density at radius 1 is 0.978 bits per heavy atom. The van der Waals surface area contributed by atoms with Gasteiger partial charge in [0.15, 0.2) is 5.79 Å². The summed E-state index contributed by atoms with van der Waals surface area (Å²) in [6.45, 7) is 9.04. The van der Waals surface area contributed by atoms with E-state index in [-0.39, 0.29) is 35.6 Å². The fourth-order valence-electron chi connectivity index (χ4n) is 8.14. The molecular weight excluding hydrogens is 606 g/mol. The number of halogens is 1. The zero-order valence-electron chi connectivity index (χ0n) is 26.3. The van der Waals surface area contributed by atoms with Crippen LogP contribution in [0.1, 0.15) is 58.6 Å². The smallest absolute Gasteiger partial charge is 0.261 e. The second-order valence-electron chi connectivity index (χ2n) is 13.8. The van der Waals surface area contributed by atoms with Crippen molar-refractivity contribution in [3.8, 4) is 5.75 Å². The highest BCUT2D eigenvalue weighted by Gasteiger charge is 2.67. The maximum Gasteiger partial charge on any atom is 0.261 e. The second-order valence-corrected chi connectivity index (χ2v) is 18.5. The van der Waals surface area contributed by atoms with Crippen LogP contribution >= 0.6 is 11.6 Å². The lowest BCUT2D eigenvalue weighted by Crippen LogP contribution is -2.67. The van der Waals surface area contributed by atoms with Crippen molar-refractivity contribution in [3.05, 3.63) is 89.4 Å². The zero-order valence-corrected chi connectivity index (χ0v) is 28.0. The molecule has 3 aromatic carbocycles. The van der Waals surface area contributed by atoms with Crippen molar-refractivity contribution < 1.29 is 29.0 Å². The SMILES string of the molecule is CCCN1C(=O)[C@H]2[C@H](C[C@H](CO[Si](c3ccccc3)(c3ccccc3)C(C)(C)C)[C@@]3(O)O[C@H](c4ccc(O)cc4Cl)C[C@@H]23)C1=O. The fourth-order valence-corrected chi connectivity index (χ4v) is 13.0. The van der Waals surface area contributed by atoms with Gasteiger partial charge in [0, 0.05) is 25.0 Å². The molecule has 1 saturated carbocycles. The Bertz CT molecular complexity index is 1520. The summed E-state index contributed by atoms with van der Waals surface area (Å²) < 4.78 is 13.8. The molecule has 2 aliphatic heterocycles. The number of phenolic OH excluding ortho intramolecular Hbond substituents is 1. The minimum Gasteiger partial charge on any atom is -0.508 e. The fraction of sp³-hybridized carbons (Fsp3) is 0.444. The number of phenols is 1. The predicted molar refractivity (Wildman–Crippen MR) is 176 cm³/mol. The lowest BCUT2D eigenvalue weighted by molar-refractivity contribution is -0.273. The third kappa shape index (κ3) is 5.24. The number of aromatic hydroxyl groups is 1.